The van der Waals surface area contributed by atoms with E-state index in [0.29, 0.717) is 5.92 Å². The van der Waals surface area contributed by atoms with Crippen molar-refractivity contribution in [3.05, 3.63) is 84.2 Å². The van der Waals surface area contributed by atoms with Gasteiger partial charge in [-0.3, -0.25) is 9.97 Å². The average molecular weight is 406 g/mol. The fourth-order valence-corrected chi connectivity index (χ4v) is 4.51. The van der Waals surface area contributed by atoms with Crippen LogP contribution in [-0.4, -0.2) is 14.5 Å². The van der Waals surface area contributed by atoms with E-state index >= 15 is 0 Å². The summed E-state index contributed by atoms with van der Waals surface area (Å²) in [5, 5.41) is 2.68. The molecule has 0 aliphatic carbocycles. The third-order valence-electron chi connectivity index (χ3n) is 5.86. The van der Waals surface area contributed by atoms with Gasteiger partial charge < -0.3 is 4.57 Å². The molecule has 3 heteroatoms. The maximum atomic E-state index is 4.80. The van der Waals surface area contributed by atoms with Gasteiger partial charge in [0.15, 0.2) is 0 Å². The normalized spacial score (nSPS) is 11.6. The molecule has 0 saturated carbocycles. The van der Waals surface area contributed by atoms with Gasteiger partial charge >= 0.3 is 0 Å². The number of hydrogen-bond donors (Lipinski definition) is 0. The van der Waals surface area contributed by atoms with E-state index in [4.69, 9.17) is 4.98 Å². The van der Waals surface area contributed by atoms with Gasteiger partial charge in [-0.25, -0.2) is 0 Å². The van der Waals surface area contributed by atoms with E-state index < -0.39 is 0 Å². The predicted octanol–water partition coefficient (Wildman–Crippen LogP) is 7.19. The Balaban J connectivity index is 1.65. The van der Waals surface area contributed by atoms with E-state index in [2.05, 4.69) is 78.9 Å². The molecule has 0 atom stereocenters. The van der Waals surface area contributed by atoms with Crippen molar-refractivity contribution in [2.45, 2.75) is 34.2 Å². The fourth-order valence-electron chi connectivity index (χ4n) is 4.51. The van der Waals surface area contributed by atoms with Gasteiger partial charge in [0.05, 0.1) is 16.9 Å². The smallest absolute Gasteiger partial charge is 0.0720 e. The van der Waals surface area contributed by atoms with Crippen LogP contribution in [0.3, 0.4) is 0 Å². The van der Waals surface area contributed by atoms with Crippen molar-refractivity contribution >= 4 is 21.8 Å². The number of para-hydroxylation sites is 1. The molecule has 0 aliphatic heterocycles. The monoisotopic (exact) mass is 405 g/mol. The SMILES string of the molecule is Cc1cccc(-c2ccc(-c3cc(C)c4c5ccccc5n(CC(C)C)c4c3)nc2)n1. The highest BCUT2D eigenvalue weighted by Crippen LogP contribution is 2.35. The molecule has 31 heavy (non-hydrogen) atoms. The zero-order valence-electron chi connectivity index (χ0n) is 18.6. The molecule has 3 heterocycles. The summed E-state index contributed by atoms with van der Waals surface area (Å²) < 4.78 is 2.47. The minimum absolute atomic E-state index is 0.571. The average Bonchev–Trinajstić information content (AvgIpc) is 3.07. The first-order valence-corrected chi connectivity index (χ1v) is 10.9. The summed E-state index contributed by atoms with van der Waals surface area (Å²) in [6, 6.07) is 23.6. The van der Waals surface area contributed by atoms with Crippen LogP contribution < -0.4 is 0 Å². The number of hydrogen-bond acceptors (Lipinski definition) is 2. The molecule has 0 spiro atoms. The molecule has 5 aromatic rings. The van der Waals surface area contributed by atoms with Gasteiger partial charge in [0.25, 0.3) is 0 Å². The number of fused-ring (bicyclic) bond motifs is 3. The van der Waals surface area contributed by atoms with Gasteiger partial charge in [-0.15, -0.1) is 0 Å². The number of aromatic nitrogens is 3. The molecular formula is C28H27N3. The predicted molar refractivity (Wildman–Crippen MR) is 130 cm³/mol. The standard InChI is InChI=1S/C28H27N3/c1-18(2)17-31-26-11-6-5-9-23(26)28-19(3)14-22(15-27(28)31)24-13-12-21(16-29-24)25-10-7-8-20(4)30-25/h5-16,18H,17H2,1-4H3. The lowest BCUT2D eigenvalue weighted by Gasteiger charge is -2.12. The minimum Gasteiger partial charge on any atom is -0.340 e. The van der Waals surface area contributed by atoms with E-state index in [1.165, 1.54) is 27.4 Å². The van der Waals surface area contributed by atoms with Crippen LogP contribution in [-0.2, 0) is 6.54 Å². The lowest BCUT2D eigenvalue weighted by molar-refractivity contribution is 0.545. The first-order valence-electron chi connectivity index (χ1n) is 10.9. The summed E-state index contributed by atoms with van der Waals surface area (Å²) in [6.07, 6.45) is 1.93. The number of aryl methyl sites for hydroxylation is 2. The van der Waals surface area contributed by atoms with E-state index in [0.717, 1.165) is 34.8 Å². The largest absolute Gasteiger partial charge is 0.340 e. The Morgan fingerprint density at radius 1 is 0.806 bits per heavy atom. The van der Waals surface area contributed by atoms with Gasteiger partial charge in [-0.05, 0) is 67.8 Å². The van der Waals surface area contributed by atoms with Gasteiger partial charge in [0.1, 0.15) is 0 Å². The third-order valence-corrected chi connectivity index (χ3v) is 5.86. The number of benzene rings is 2. The maximum Gasteiger partial charge on any atom is 0.0720 e. The highest BCUT2D eigenvalue weighted by molar-refractivity contribution is 6.10. The van der Waals surface area contributed by atoms with Crippen LogP contribution in [0, 0.1) is 19.8 Å². The highest BCUT2D eigenvalue weighted by atomic mass is 15.0. The Morgan fingerprint density at radius 2 is 1.65 bits per heavy atom. The Kier molecular flexibility index (Phi) is 4.82. The summed E-state index contributed by atoms with van der Waals surface area (Å²) in [5.74, 6) is 0.571. The lowest BCUT2D eigenvalue weighted by Crippen LogP contribution is -2.04. The molecule has 0 saturated heterocycles. The van der Waals surface area contributed by atoms with Crippen molar-refractivity contribution in [2.24, 2.45) is 5.92 Å². The van der Waals surface area contributed by atoms with Crippen LogP contribution in [0.15, 0.2) is 72.9 Å². The Labute approximate surface area is 183 Å². The van der Waals surface area contributed by atoms with Crippen LogP contribution >= 0.6 is 0 Å². The maximum absolute atomic E-state index is 4.80. The van der Waals surface area contributed by atoms with Crippen molar-refractivity contribution in [3.63, 3.8) is 0 Å². The molecular weight excluding hydrogens is 378 g/mol. The molecule has 2 aromatic carbocycles. The zero-order chi connectivity index (χ0) is 21.5. The number of pyridine rings is 2. The first-order chi connectivity index (χ1) is 15.0. The van der Waals surface area contributed by atoms with E-state index in [9.17, 15) is 0 Å². The number of nitrogens with zero attached hydrogens (tertiary/aromatic N) is 3. The third kappa shape index (κ3) is 3.50. The van der Waals surface area contributed by atoms with Crippen LogP contribution in [0.2, 0.25) is 0 Å². The van der Waals surface area contributed by atoms with E-state index in [1.807, 2.05) is 31.3 Å². The van der Waals surface area contributed by atoms with Crippen LogP contribution in [0.25, 0.3) is 44.3 Å². The molecule has 154 valence electrons. The first kappa shape index (κ1) is 19.5. The molecule has 0 radical (unpaired) electrons. The van der Waals surface area contributed by atoms with E-state index in [-0.39, 0.29) is 0 Å². The summed E-state index contributed by atoms with van der Waals surface area (Å²) in [4.78, 5) is 9.42. The Hall–Kier alpha value is -3.46. The zero-order valence-corrected chi connectivity index (χ0v) is 18.6. The quantitative estimate of drug-likeness (QED) is 0.317. The minimum atomic E-state index is 0.571. The molecule has 0 N–H and O–H groups in total. The molecule has 0 fully saturated rings. The summed E-state index contributed by atoms with van der Waals surface area (Å²) in [6.45, 7) is 9.77. The summed E-state index contributed by atoms with van der Waals surface area (Å²) in [5.41, 5.74) is 9.04. The Bertz CT molecular complexity index is 1390. The van der Waals surface area contributed by atoms with Gasteiger partial charge in [0.2, 0.25) is 0 Å². The van der Waals surface area contributed by atoms with Gasteiger partial charge in [-0.2, -0.15) is 0 Å². The highest BCUT2D eigenvalue weighted by Gasteiger charge is 2.15. The van der Waals surface area contributed by atoms with Crippen molar-refractivity contribution in [3.8, 4) is 22.5 Å². The van der Waals surface area contributed by atoms with Crippen molar-refractivity contribution < 1.29 is 0 Å². The summed E-state index contributed by atoms with van der Waals surface area (Å²) in [7, 11) is 0. The van der Waals surface area contributed by atoms with Crippen LogP contribution in [0.1, 0.15) is 25.1 Å². The van der Waals surface area contributed by atoms with Gasteiger partial charge in [0, 0.05) is 45.9 Å². The Morgan fingerprint density at radius 3 is 2.39 bits per heavy atom. The topological polar surface area (TPSA) is 30.7 Å². The summed E-state index contributed by atoms with van der Waals surface area (Å²) >= 11 is 0. The second-order valence-corrected chi connectivity index (χ2v) is 8.81. The van der Waals surface area contributed by atoms with Crippen molar-refractivity contribution in [2.75, 3.05) is 0 Å². The van der Waals surface area contributed by atoms with E-state index in [1.54, 1.807) is 0 Å². The van der Waals surface area contributed by atoms with Gasteiger partial charge in [-0.1, -0.05) is 38.1 Å². The fraction of sp³-hybridized carbons (Fsp3) is 0.214. The number of rotatable bonds is 4. The second kappa shape index (κ2) is 7.66. The lowest BCUT2D eigenvalue weighted by atomic mass is 10.0. The van der Waals surface area contributed by atoms with Crippen LogP contribution in [0.4, 0.5) is 0 Å². The molecule has 0 unspecified atom stereocenters. The second-order valence-electron chi connectivity index (χ2n) is 8.81. The van der Waals surface area contributed by atoms with Crippen molar-refractivity contribution in [1.29, 1.82) is 0 Å². The molecule has 0 bridgehead atoms. The molecule has 5 rings (SSSR count). The molecule has 0 aliphatic rings. The molecule has 3 nitrogen and oxygen atoms in total. The van der Waals surface area contributed by atoms with Crippen LogP contribution in [0.5, 0.6) is 0 Å². The molecule has 0 amide bonds. The van der Waals surface area contributed by atoms with Crippen molar-refractivity contribution in [1.82, 2.24) is 14.5 Å². The molecule has 3 aromatic heterocycles.